The summed E-state index contributed by atoms with van der Waals surface area (Å²) in [6.07, 6.45) is 1.54. The second-order valence-corrected chi connectivity index (χ2v) is 3.29. The number of nitrogens with two attached hydrogens (primary N) is 1. The molecular formula is C7H13NO. The van der Waals surface area contributed by atoms with Gasteiger partial charge in [0.1, 0.15) is 5.78 Å². The van der Waals surface area contributed by atoms with Gasteiger partial charge in [-0.3, -0.25) is 4.79 Å². The molecule has 0 aromatic rings. The third kappa shape index (κ3) is 0.874. The van der Waals surface area contributed by atoms with Crippen LogP contribution in [-0.4, -0.2) is 11.8 Å². The van der Waals surface area contributed by atoms with Crippen LogP contribution in [0.3, 0.4) is 0 Å². The van der Waals surface area contributed by atoms with E-state index in [4.69, 9.17) is 5.73 Å². The molecule has 1 atom stereocenters. The molecule has 1 aliphatic carbocycles. The Bertz CT molecular complexity index is 140. The molecule has 52 valence electrons. The summed E-state index contributed by atoms with van der Waals surface area (Å²) >= 11 is 0. The first kappa shape index (κ1) is 6.75. The Labute approximate surface area is 55.4 Å². The maximum absolute atomic E-state index is 11.0. The SMILES string of the molecule is CC1(C)C(=O)CC[C@H]1N. The van der Waals surface area contributed by atoms with E-state index in [0.717, 1.165) is 6.42 Å². The number of ketones is 1. The van der Waals surface area contributed by atoms with Crippen LogP contribution in [0.5, 0.6) is 0 Å². The number of Topliss-reactive ketones (excluding diaryl/α,β-unsaturated/α-hetero) is 1. The van der Waals surface area contributed by atoms with Crippen LogP contribution in [0.1, 0.15) is 26.7 Å². The highest BCUT2D eigenvalue weighted by molar-refractivity contribution is 5.87. The molecule has 2 N–H and O–H groups in total. The molecule has 0 aliphatic heterocycles. The summed E-state index contributed by atoms with van der Waals surface area (Å²) in [5, 5.41) is 0. The Morgan fingerprint density at radius 3 is 2.33 bits per heavy atom. The van der Waals surface area contributed by atoms with Gasteiger partial charge in [-0.15, -0.1) is 0 Å². The third-order valence-electron chi connectivity index (χ3n) is 2.33. The van der Waals surface area contributed by atoms with E-state index in [9.17, 15) is 4.79 Å². The summed E-state index contributed by atoms with van der Waals surface area (Å²) in [6, 6.07) is 0.0880. The van der Waals surface area contributed by atoms with Crippen LogP contribution >= 0.6 is 0 Å². The fourth-order valence-electron chi connectivity index (χ4n) is 1.18. The van der Waals surface area contributed by atoms with Crippen molar-refractivity contribution in [3.05, 3.63) is 0 Å². The van der Waals surface area contributed by atoms with Gasteiger partial charge in [-0.25, -0.2) is 0 Å². The molecule has 2 heteroatoms. The molecule has 1 fully saturated rings. The predicted octanol–water partition coefficient (Wildman–Crippen LogP) is 0.703. The summed E-state index contributed by atoms with van der Waals surface area (Å²) in [4.78, 5) is 11.0. The molecule has 0 radical (unpaired) electrons. The van der Waals surface area contributed by atoms with E-state index in [1.807, 2.05) is 13.8 Å². The van der Waals surface area contributed by atoms with Crippen molar-refractivity contribution in [2.75, 3.05) is 0 Å². The van der Waals surface area contributed by atoms with Crippen LogP contribution in [-0.2, 0) is 4.79 Å². The lowest BCUT2D eigenvalue weighted by molar-refractivity contribution is -0.124. The molecule has 0 aromatic heterocycles. The van der Waals surface area contributed by atoms with Crippen molar-refractivity contribution in [3.8, 4) is 0 Å². The topological polar surface area (TPSA) is 43.1 Å². The number of carbonyl (C=O) groups is 1. The Morgan fingerprint density at radius 1 is 1.67 bits per heavy atom. The summed E-state index contributed by atoms with van der Waals surface area (Å²) in [6.45, 7) is 3.85. The van der Waals surface area contributed by atoms with Crippen molar-refractivity contribution >= 4 is 5.78 Å². The molecule has 0 heterocycles. The average molecular weight is 127 g/mol. The van der Waals surface area contributed by atoms with Crippen LogP contribution in [0.25, 0.3) is 0 Å². The van der Waals surface area contributed by atoms with E-state index >= 15 is 0 Å². The van der Waals surface area contributed by atoms with Crippen molar-refractivity contribution < 1.29 is 4.79 Å². The number of carbonyl (C=O) groups excluding carboxylic acids is 1. The minimum atomic E-state index is -0.250. The third-order valence-corrected chi connectivity index (χ3v) is 2.33. The fourth-order valence-corrected chi connectivity index (χ4v) is 1.18. The van der Waals surface area contributed by atoms with Gasteiger partial charge in [0.2, 0.25) is 0 Å². The zero-order valence-electron chi connectivity index (χ0n) is 5.98. The van der Waals surface area contributed by atoms with Gasteiger partial charge in [-0.1, -0.05) is 13.8 Å². The van der Waals surface area contributed by atoms with E-state index < -0.39 is 0 Å². The van der Waals surface area contributed by atoms with Gasteiger partial charge in [0, 0.05) is 17.9 Å². The Balaban J connectivity index is 2.78. The predicted molar refractivity (Wildman–Crippen MR) is 36.0 cm³/mol. The van der Waals surface area contributed by atoms with Crippen LogP contribution in [0, 0.1) is 5.41 Å². The zero-order chi connectivity index (χ0) is 7.07. The molecule has 1 rings (SSSR count). The van der Waals surface area contributed by atoms with Gasteiger partial charge < -0.3 is 5.73 Å². The smallest absolute Gasteiger partial charge is 0.140 e. The van der Waals surface area contributed by atoms with E-state index in [0.29, 0.717) is 12.2 Å². The van der Waals surface area contributed by atoms with Crippen LogP contribution < -0.4 is 5.73 Å². The lowest BCUT2D eigenvalue weighted by atomic mass is 9.87. The molecular weight excluding hydrogens is 114 g/mol. The van der Waals surface area contributed by atoms with Crippen LogP contribution in [0.15, 0.2) is 0 Å². The Hall–Kier alpha value is -0.370. The Kier molecular flexibility index (Phi) is 1.35. The normalized spacial score (nSPS) is 33.2. The summed E-state index contributed by atoms with van der Waals surface area (Å²) in [7, 11) is 0. The van der Waals surface area contributed by atoms with E-state index in [2.05, 4.69) is 0 Å². The standard InChI is InChI=1S/C7H13NO/c1-7(2)5(8)3-4-6(7)9/h5H,3-4,8H2,1-2H3/t5-/m1/s1. The first-order chi connectivity index (χ1) is 4.05. The van der Waals surface area contributed by atoms with E-state index in [1.54, 1.807) is 0 Å². The van der Waals surface area contributed by atoms with Crippen molar-refractivity contribution in [1.29, 1.82) is 0 Å². The summed E-state index contributed by atoms with van der Waals surface area (Å²) in [5.41, 5.74) is 5.43. The van der Waals surface area contributed by atoms with Crippen LogP contribution in [0.4, 0.5) is 0 Å². The Morgan fingerprint density at radius 2 is 2.22 bits per heavy atom. The minimum absolute atomic E-state index is 0.0880. The average Bonchev–Trinajstić information content (AvgIpc) is 1.96. The molecule has 2 nitrogen and oxygen atoms in total. The van der Waals surface area contributed by atoms with Gasteiger partial charge >= 0.3 is 0 Å². The molecule has 0 saturated heterocycles. The molecule has 0 unspecified atom stereocenters. The highest BCUT2D eigenvalue weighted by Crippen LogP contribution is 2.32. The molecule has 1 aliphatic rings. The molecule has 9 heavy (non-hydrogen) atoms. The van der Waals surface area contributed by atoms with E-state index in [-0.39, 0.29) is 11.5 Å². The largest absolute Gasteiger partial charge is 0.327 e. The first-order valence-electron chi connectivity index (χ1n) is 3.34. The summed E-state index contributed by atoms with van der Waals surface area (Å²) in [5.74, 6) is 0.315. The van der Waals surface area contributed by atoms with Gasteiger partial charge in [-0.05, 0) is 6.42 Å². The van der Waals surface area contributed by atoms with Crippen molar-refractivity contribution in [2.45, 2.75) is 32.7 Å². The fraction of sp³-hybridized carbons (Fsp3) is 0.857. The van der Waals surface area contributed by atoms with Gasteiger partial charge in [0.05, 0.1) is 0 Å². The molecule has 0 bridgehead atoms. The van der Waals surface area contributed by atoms with Crippen molar-refractivity contribution in [3.63, 3.8) is 0 Å². The lowest BCUT2D eigenvalue weighted by Gasteiger charge is -2.20. The lowest BCUT2D eigenvalue weighted by Crippen LogP contribution is -2.35. The van der Waals surface area contributed by atoms with Gasteiger partial charge in [-0.2, -0.15) is 0 Å². The second kappa shape index (κ2) is 1.81. The number of rotatable bonds is 0. The molecule has 0 amide bonds. The monoisotopic (exact) mass is 127 g/mol. The first-order valence-corrected chi connectivity index (χ1v) is 3.34. The highest BCUT2D eigenvalue weighted by Gasteiger charge is 2.39. The number of hydrogen-bond acceptors (Lipinski definition) is 2. The van der Waals surface area contributed by atoms with E-state index in [1.165, 1.54) is 0 Å². The zero-order valence-corrected chi connectivity index (χ0v) is 5.98. The quantitative estimate of drug-likeness (QED) is 0.520. The maximum Gasteiger partial charge on any atom is 0.140 e. The van der Waals surface area contributed by atoms with Crippen molar-refractivity contribution in [2.24, 2.45) is 11.1 Å². The molecule has 1 saturated carbocycles. The maximum atomic E-state index is 11.0. The highest BCUT2D eigenvalue weighted by atomic mass is 16.1. The van der Waals surface area contributed by atoms with Gasteiger partial charge in [0.15, 0.2) is 0 Å². The second-order valence-electron chi connectivity index (χ2n) is 3.29. The molecule has 0 aromatic carbocycles. The van der Waals surface area contributed by atoms with Gasteiger partial charge in [0.25, 0.3) is 0 Å². The van der Waals surface area contributed by atoms with Crippen LogP contribution in [0.2, 0.25) is 0 Å². The molecule has 0 spiro atoms. The van der Waals surface area contributed by atoms with Crippen molar-refractivity contribution in [1.82, 2.24) is 0 Å². The minimum Gasteiger partial charge on any atom is -0.327 e. The number of hydrogen-bond donors (Lipinski definition) is 1. The summed E-state index contributed by atoms with van der Waals surface area (Å²) < 4.78 is 0.